The van der Waals surface area contributed by atoms with Crippen molar-refractivity contribution in [3.8, 4) is 5.75 Å². The number of hydrogen-bond acceptors (Lipinski definition) is 4. The van der Waals surface area contributed by atoms with Crippen LogP contribution in [0.5, 0.6) is 5.75 Å². The summed E-state index contributed by atoms with van der Waals surface area (Å²) in [4.78, 5) is 27.6. The molecule has 4 atom stereocenters. The van der Waals surface area contributed by atoms with Crippen molar-refractivity contribution in [3.05, 3.63) is 65.0 Å². The number of hydrogen-bond donors (Lipinski definition) is 2. The molecule has 1 aromatic carbocycles. The van der Waals surface area contributed by atoms with E-state index in [0.717, 1.165) is 37.9 Å². The van der Waals surface area contributed by atoms with Crippen LogP contribution in [0, 0.1) is 17.3 Å². The van der Waals surface area contributed by atoms with E-state index in [0.29, 0.717) is 23.3 Å². The molecule has 6 heteroatoms. The first-order valence-electron chi connectivity index (χ1n) is 12.2. The van der Waals surface area contributed by atoms with Crippen LogP contribution in [-0.4, -0.2) is 35.6 Å². The van der Waals surface area contributed by atoms with Crippen LogP contribution in [-0.2, 0) is 11.2 Å². The third kappa shape index (κ3) is 3.89. The number of methoxy groups -OCH3 is 1. The number of nitrogens with one attached hydrogen (secondary N) is 1. The monoisotopic (exact) mass is 460 g/mol. The number of nitrogens with zero attached hydrogens (tertiary/aromatic N) is 1. The maximum Gasteiger partial charge on any atom is 0.305 e. The molecule has 1 saturated carbocycles. The van der Waals surface area contributed by atoms with Gasteiger partial charge in [-0.3, -0.25) is 14.6 Å². The highest BCUT2D eigenvalue weighted by Gasteiger charge is 2.52. The summed E-state index contributed by atoms with van der Waals surface area (Å²) in [5, 5.41) is 11.5. The standard InChI is InChI=1S/C28H32N2O4/c1-28-11-9-22-21-5-4-18(27(33)30-12-10-26(31)32)13-17(21)3-6-23(22)25(28)8-7-24(28)19-14-20(34-2)16-29-15-19/h4-5,7,13-16,22-23,25H,3,6,8-12H2,1-2H3,(H,30,33)(H,31,32)/t22?,23?,25?,28-/m1/s1. The smallest absolute Gasteiger partial charge is 0.305 e. The third-order valence-corrected chi connectivity index (χ3v) is 8.45. The van der Waals surface area contributed by atoms with Crippen molar-refractivity contribution in [3.63, 3.8) is 0 Å². The van der Waals surface area contributed by atoms with Gasteiger partial charge in [0.25, 0.3) is 5.91 Å². The van der Waals surface area contributed by atoms with E-state index >= 15 is 0 Å². The number of carboxylic acids is 1. The first-order valence-corrected chi connectivity index (χ1v) is 12.2. The fourth-order valence-electron chi connectivity index (χ4n) is 6.80. The first-order chi connectivity index (χ1) is 16.4. The quantitative estimate of drug-likeness (QED) is 0.644. The third-order valence-electron chi connectivity index (χ3n) is 8.45. The van der Waals surface area contributed by atoms with E-state index in [4.69, 9.17) is 9.84 Å². The zero-order chi connectivity index (χ0) is 23.9. The average Bonchev–Trinajstić information content (AvgIpc) is 3.20. The molecule has 178 valence electrons. The van der Waals surface area contributed by atoms with Crippen LogP contribution in [0.3, 0.4) is 0 Å². The van der Waals surface area contributed by atoms with Crippen LogP contribution >= 0.6 is 0 Å². The number of benzene rings is 1. The number of carbonyl (C=O) groups is 2. The number of rotatable bonds is 6. The molecule has 3 unspecified atom stereocenters. The Hall–Kier alpha value is -3.15. The van der Waals surface area contributed by atoms with Gasteiger partial charge in [-0.15, -0.1) is 0 Å². The molecule has 1 amide bonds. The van der Waals surface area contributed by atoms with E-state index in [2.05, 4.69) is 35.4 Å². The highest BCUT2D eigenvalue weighted by atomic mass is 16.5. The molecule has 1 aromatic heterocycles. The van der Waals surface area contributed by atoms with Gasteiger partial charge in [-0.2, -0.15) is 0 Å². The summed E-state index contributed by atoms with van der Waals surface area (Å²) >= 11 is 0. The highest BCUT2D eigenvalue weighted by Crippen LogP contribution is 2.63. The van der Waals surface area contributed by atoms with Crippen LogP contribution < -0.4 is 10.1 Å². The van der Waals surface area contributed by atoms with Gasteiger partial charge in [0.15, 0.2) is 0 Å². The molecule has 2 aromatic rings. The largest absolute Gasteiger partial charge is 0.495 e. The lowest BCUT2D eigenvalue weighted by atomic mass is 9.54. The van der Waals surface area contributed by atoms with Gasteiger partial charge in [0.1, 0.15) is 5.75 Å². The van der Waals surface area contributed by atoms with Gasteiger partial charge in [-0.25, -0.2) is 0 Å². The number of aliphatic carboxylic acids is 1. The highest BCUT2D eigenvalue weighted by molar-refractivity contribution is 5.94. The molecule has 5 rings (SSSR count). The SMILES string of the molecule is COc1cncc(C2=CCC3C4CCc5cc(C(=O)NCCC(=O)O)ccc5C4CC[C@]23C)c1. The summed E-state index contributed by atoms with van der Waals surface area (Å²) in [6, 6.07) is 8.19. The fraction of sp³-hybridized carbons (Fsp3) is 0.464. The molecular formula is C28H32N2O4. The number of pyridine rings is 1. The molecule has 3 aliphatic carbocycles. The van der Waals surface area contributed by atoms with Crippen LogP contribution in [0.2, 0.25) is 0 Å². The molecule has 1 fully saturated rings. The normalized spacial score (nSPS) is 27.1. The van der Waals surface area contributed by atoms with E-state index in [1.54, 1.807) is 13.3 Å². The van der Waals surface area contributed by atoms with Crippen molar-refractivity contribution in [2.24, 2.45) is 17.3 Å². The molecule has 0 aliphatic heterocycles. The zero-order valence-electron chi connectivity index (χ0n) is 19.8. The number of fused-ring (bicyclic) bond motifs is 5. The minimum Gasteiger partial charge on any atom is -0.495 e. The van der Waals surface area contributed by atoms with Gasteiger partial charge in [0, 0.05) is 18.3 Å². The Kier molecular flexibility index (Phi) is 5.92. The Labute approximate surface area is 200 Å². The van der Waals surface area contributed by atoms with Crippen LogP contribution in [0.15, 0.2) is 42.7 Å². The summed E-state index contributed by atoms with van der Waals surface area (Å²) in [6.07, 6.45) is 11.6. The molecule has 3 aliphatic rings. The van der Waals surface area contributed by atoms with E-state index in [1.165, 1.54) is 22.3 Å². The van der Waals surface area contributed by atoms with Gasteiger partial charge in [-0.1, -0.05) is 19.1 Å². The van der Waals surface area contributed by atoms with Gasteiger partial charge in [0.2, 0.25) is 0 Å². The predicted octanol–water partition coefficient (Wildman–Crippen LogP) is 4.84. The number of ether oxygens (including phenoxy) is 1. The summed E-state index contributed by atoms with van der Waals surface area (Å²) in [5.41, 5.74) is 6.05. The van der Waals surface area contributed by atoms with Gasteiger partial charge in [-0.05, 0) is 95.7 Å². The minimum absolute atomic E-state index is 0.0670. The number of carbonyl (C=O) groups excluding carboxylic acids is 1. The van der Waals surface area contributed by atoms with Gasteiger partial charge < -0.3 is 15.2 Å². The number of aryl methyl sites for hydroxylation is 1. The van der Waals surface area contributed by atoms with Crippen molar-refractivity contribution in [2.75, 3.05) is 13.7 Å². The summed E-state index contributed by atoms with van der Waals surface area (Å²) in [6.45, 7) is 2.58. The van der Waals surface area contributed by atoms with Crippen molar-refractivity contribution < 1.29 is 19.4 Å². The van der Waals surface area contributed by atoms with Crippen molar-refractivity contribution in [1.29, 1.82) is 0 Å². The average molecular weight is 461 g/mol. The lowest BCUT2D eigenvalue weighted by Crippen LogP contribution is -2.41. The number of amides is 1. The number of aromatic nitrogens is 1. The number of allylic oxidation sites excluding steroid dienone is 2. The Balaban J connectivity index is 1.34. The van der Waals surface area contributed by atoms with Gasteiger partial charge >= 0.3 is 5.97 Å². The summed E-state index contributed by atoms with van der Waals surface area (Å²) in [5.74, 6) is 1.47. The Morgan fingerprint density at radius 3 is 2.88 bits per heavy atom. The second kappa shape index (κ2) is 8.90. The van der Waals surface area contributed by atoms with Crippen molar-refractivity contribution >= 4 is 17.4 Å². The van der Waals surface area contributed by atoms with Crippen LogP contribution in [0.1, 0.15) is 72.0 Å². The van der Waals surface area contributed by atoms with E-state index < -0.39 is 5.97 Å². The Morgan fingerprint density at radius 1 is 1.24 bits per heavy atom. The molecule has 0 saturated heterocycles. The van der Waals surface area contributed by atoms with Gasteiger partial charge in [0.05, 0.1) is 19.7 Å². The van der Waals surface area contributed by atoms with E-state index in [-0.39, 0.29) is 24.3 Å². The molecular weight excluding hydrogens is 428 g/mol. The maximum atomic E-state index is 12.5. The molecule has 6 nitrogen and oxygen atoms in total. The molecule has 0 bridgehead atoms. The molecule has 0 spiro atoms. The molecule has 0 radical (unpaired) electrons. The maximum absolute atomic E-state index is 12.5. The number of carboxylic acid groups (broad SMARTS) is 1. The Morgan fingerprint density at radius 2 is 2.09 bits per heavy atom. The van der Waals surface area contributed by atoms with Crippen molar-refractivity contribution in [1.82, 2.24) is 10.3 Å². The second-order valence-corrected chi connectivity index (χ2v) is 10.2. The van der Waals surface area contributed by atoms with E-state index in [9.17, 15) is 9.59 Å². The predicted molar refractivity (Wildman–Crippen MR) is 130 cm³/mol. The fourth-order valence-corrected chi connectivity index (χ4v) is 6.80. The summed E-state index contributed by atoms with van der Waals surface area (Å²) in [7, 11) is 1.68. The van der Waals surface area contributed by atoms with Crippen LogP contribution in [0.4, 0.5) is 0 Å². The van der Waals surface area contributed by atoms with Crippen LogP contribution in [0.25, 0.3) is 5.57 Å². The summed E-state index contributed by atoms with van der Waals surface area (Å²) < 4.78 is 5.42. The molecule has 34 heavy (non-hydrogen) atoms. The molecule has 2 N–H and O–H groups in total. The lowest BCUT2D eigenvalue weighted by Gasteiger charge is -2.50. The van der Waals surface area contributed by atoms with Crippen molar-refractivity contribution in [2.45, 2.75) is 51.4 Å². The molecule has 1 heterocycles. The topological polar surface area (TPSA) is 88.5 Å². The minimum atomic E-state index is -0.909. The Bertz CT molecular complexity index is 1160. The lowest BCUT2D eigenvalue weighted by molar-refractivity contribution is -0.136. The first kappa shape index (κ1) is 22.6. The second-order valence-electron chi connectivity index (χ2n) is 10.2. The zero-order valence-corrected chi connectivity index (χ0v) is 19.8. The van der Waals surface area contributed by atoms with E-state index in [1.807, 2.05) is 18.3 Å².